The van der Waals surface area contributed by atoms with Crippen LogP contribution in [0.2, 0.25) is 0 Å². The summed E-state index contributed by atoms with van der Waals surface area (Å²) in [5, 5.41) is 2.46. The van der Waals surface area contributed by atoms with E-state index in [9.17, 15) is 9.18 Å². The smallest absolute Gasteiger partial charge is 0.273 e. The second kappa shape index (κ2) is 10.3. The number of nitrogens with zero attached hydrogens (tertiary/aromatic N) is 2. The van der Waals surface area contributed by atoms with Crippen LogP contribution >= 0.6 is 11.3 Å². The van der Waals surface area contributed by atoms with Gasteiger partial charge in [0.1, 0.15) is 23.1 Å². The number of benzene rings is 3. The van der Waals surface area contributed by atoms with E-state index in [1.54, 1.807) is 54.8 Å². The zero-order valence-corrected chi connectivity index (χ0v) is 19.1. The minimum absolute atomic E-state index is 0.0893. The van der Waals surface area contributed by atoms with Crippen LogP contribution in [-0.2, 0) is 13.2 Å². The number of halogens is 1. The Bertz CT molecular complexity index is 1240. The van der Waals surface area contributed by atoms with Gasteiger partial charge in [-0.1, -0.05) is 48.5 Å². The van der Waals surface area contributed by atoms with Crippen LogP contribution in [0, 0.1) is 5.82 Å². The number of ether oxygens (including phenoxy) is 2. The number of carbonyl (C=O) groups excluding carboxylic acids is 1. The van der Waals surface area contributed by atoms with E-state index >= 15 is 0 Å². The van der Waals surface area contributed by atoms with E-state index in [-0.39, 0.29) is 18.3 Å². The molecule has 0 N–H and O–H groups in total. The van der Waals surface area contributed by atoms with Crippen LogP contribution in [0.3, 0.4) is 0 Å². The van der Waals surface area contributed by atoms with Crippen LogP contribution in [0.1, 0.15) is 21.6 Å². The minimum Gasteiger partial charge on any atom is -0.493 e. The normalized spacial score (nSPS) is 10.6. The number of aromatic nitrogens is 1. The van der Waals surface area contributed by atoms with Crippen molar-refractivity contribution in [1.82, 2.24) is 9.88 Å². The van der Waals surface area contributed by atoms with E-state index < -0.39 is 0 Å². The van der Waals surface area contributed by atoms with Crippen LogP contribution in [0.25, 0.3) is 10.6 Å². The summed E-state index contributed by atoms with van der Waals surface area (Å²) in [6.07, 6.45) is 0. The molecule has 0 fully saturated rings. The summed E-state index contributed by atoms with van der Waals surface area (Å²) in [7, 11) is 3.31. The van der Waals surface area contributed by atoms with E-state index in [1.807, 2.05) is 36.4 Å². The molecule has 0 saturated carbocycles. The fourth-order valence-electron chi connectivity index (χ4n) is 3.32. The summed E-state index contributed by atoms with van der Waals surface area (Å²) >= 11 is 1.39. The lowest BCUT2D eigenvalue weighted by Crippen LogP contribution is -2.26. The van der Waals surface area contributed by atoms with Crippen LogP contribution < -0.4 is 9.47 Å². The molecule has 0 spiro atoms. The van der Waals surface area contributed by atoms with Gasteiger partial charge in [-0.15, -0.1) is 11.3 Å². The third kappa shape index (κ3) is 5.38. The number of carbonyl (C=O) groups is 1. The van der Waals surface area contributed by atoms with Crippen molar-refractivity contribution in [3.05, 3.63) is 101 Å². The quantitative estimate of drug-likeness (QED) is 0.332. The predicted molar refractivity (Wildman–Crippen MR) is 127 cm³/mol. The van der Waals surface area contributed by atoms with Gasteiger partial charge in [0, 0.05) is 30.1 Å². The summed E-state index contributed by atoms with van der Waals surface area (Å²) in [6.45, 7) is 0.598. The molecule has 33 heavy (non-hydrogen) atoms. The minimum atomic E-state index is -0.315. The molecule has 168 valence electrons. The molecular weight excluding hydrogens is 439 g/mol. The van der Waals surface area contributed by atoms with E-state index in [0.29, 0.717) is 34.3 Å². The van der Waals surface area contributed by atoms with E-state index in [4.69, 9.17) is 9.47 Å². The monoisotopic (exact) mass is 462 g/mol. The fourth-order valence-corrected chi connectivity index (χ4v) is 4.11. The van der Waals surface area contributed by atoms with E-state index in [0.717, 1.165) is 11.1 Å². The first kappa shape index (κ1) is 22.5. The summed E-state index contributed by atoms with van der Waals surface area (Å²) in [5.41, 5.74) is 2.72. The molecule has 5 nitrogen and oxygen atoms in total. The lowest BCUT2D eigenvalue weighted by atomic mass is 10.2. The van der Waals surface area contributed by atoms with Crippen molar-refractivity contribution in [2.75, 3.05) is 14.2 Å². The first-order chi connectivity index (χ1) is 16.0. The van der Waals surface area contributed by atoms with Gasteiger partial charge in [-0.2, -0.15) is 0 Å². The topological polar surface area (TPSA) is 51.7 Å². The number of methoxy groups -OCH3 is 1. The molecule has 1 amide bonds. The molecule has 7 heteroatoms. The Labute approximate surface area is 196 Å². The molecule has 0 aliphatic carbocycles. The van der Waals surface area contributed by atoms with Crippen LogP contribution in [-0.4, -0.2) is 29.9 Å². The molecule has 0 aliphatic rings. The first-order valence-electron chi connectivity index (χ1n) is 10.3. The highest BCUT2D eigenvalue weighted by atomic mass is 32.1. The molecule has 0 aliphatic heterocycles. The Hall–Kier alpha value is -3.71. The maximum absolute atomic E-state index is 13.9. The number of hydrogen-bond donors (Lipinski definition) is 0. The summed E-state index contributed by atoms with van der Waals surface area (Å²) < 4.78 is 25.1. The third-order valence-electron chi connectivity index (χ3n) is 5.08. The van der Waals surface area contributed by atoms with Gasteiger partial charge in [-0.3, -0.25) is 4.79 Å². The lowest BCUT2D eigenvalue weighted by molar-refractivity contribution is 0.0780. The molecule has 0 unspecified atom stereocenters. The van der Waals surface area contributed by atoms with Crippen molar-refractivity contribution < 1.29 is 18.7 Å². The number of hydrogen-bond acceptors (Lipinski definition) is 5. The number of rotatable bonds is 8. The molecule has 1 heterocycles. The van der Waals surface area contributed by atoms with Crippen LogP contribution in [0.15, 0.2) is 78.2 Å². The Balaban J connectivity index is 1.47. The molecule has 3 aromatic carbocycles. The SMILES string of the molecule is COc1cc(-c2nc(C(=O)N(C)Cc3ccccc3)cs2)ccc1OCc1ccccc1F. The Morgan fingerprint density at radius 3 is 2.55 bits per heavy atom. The maximum Gasteiger partial charge on any atom is 0.273 e. The van der Waals surface area contributed by atoms with Crippen molar-refractivity contribution >= 4 is 17.2 Å². The highest BCUT2D eigenvalue weighted by Gasteiger charge is 2.17. The highest BCUT2D eigenvalue weighted by molar-refractivity contribution is 7.13. The standard InChI is InChI=1S/C26H23FN2O3S/c1-29(15-18-8-4-3-5-9-18)26(30)22-17-33-25(28-22)19-12-13-23(24(14-19)31-2)32-16-20-10-6-7-11-21(20)27/h3-14,17H,15-16H2,1-2H3. The highest BCUT2D eigenvalue weighted by Crippen LogP contribution is 2.34. The molecule has 1 aromatic heterocycles. The largest absolute Gasteiger partial charge is 0.493 e. The van der Waals surface area contributed by atoms with Crippen molar-refractivity contribution in [2.24, 2.45) is 0 Å². The zero-order chi connectivity index (χ0) is 23.2. The second-order valence-corrected chi connectivity index (χ2v) is 8.29. The summed E-state index contributed by atoms with van der Waals surface area (Å²) in [6, 6.07) is 21.7. The Kier molecular flexibility index (Phi) is 7.00. The first-order valence-corrected chi connectivity index (χ1v) is 11.2. The van der Waals surface area contributed by atoms with Gasteiger partial charge in [0.05, 0.1) is 7.11 Å². The van der Waals surface area contributed by atoms with Gasteiger partial charge in [0.25, 0.3) is 5.91 Å². The van der Waals surface area contributed by atoms with Crippen LogP contribution in [0.5, 0.6) is 11.5 Å². The van der Waals surface area contributed by atoms with Gasteiger partial charge in [-0.05, 0) is 29.8 Å². The Morgan fingerprint density at radius 2 is 1.79 bits per heavy atom. The van der Waals surface area contributed by atoms with E-state index in [1.165, 1.54) is 17.4 Å². The average Bonchev–Trinajstić information content (AvgIpc) is 3.34. The second-order valence-electron chi connectivity index (χ2n) is 7.43. The molecule has 0 bridgehead atoms. The maximum atomic E-state index is 13.9. The molecular formula is C26H23FN2O3S. The van der Waals surface area contributed by atoms with Gasteiger partial charge in [0.15, 0.2) is 11.5 Å². The fraction of sp³-hybridized carbons (Fsp3) is 0.154. The van der Waals surface area contributed by atoms with Crippen molar-refractivity contribution in [3.63, 3.8) is 0 Å². The molecule has 0 saturated heterocycles. The number of thiazole rings is 1. The molecule has 0 radical (unpaired) electrons. The van der Waals surface area contributed by atoms with Gasteiger partial charge in [-0.25, -0.2) is 9.37 Å². The third-order valence-corrected chi connectivity index (χ3v) is 5.98. The van der Waals surface area contributed by atoms with Crippen molar-refractivity contribution in [3.8, 4) is 22.1 Å². The number of amides is 1. The predicted octanol–water partition coefficient (Wildman–Crippen LogP) is 5.81. The van der Waals surface area contributed by atoms with Gasteiger partial charge >= 0.3 is 0 Å². The van der Waals surface area contributed by atoms with Crippen molar-refractivity contribution in [2.45, 2.75) is 13.2 Å². The average molecular weight is 463 g/mol. The Morgan fingerprint density at radius 1 is 1.03 bits per heavy atom. The van der Waals surface area contributed by atoms with Crippen LogP contribution in [0.4, 0.5) is 4.39 Å². The van der Waals surface area contributed by atoms with Crippen molar-refractivity contribution in [1.29, 1.82) is 0 Å². The molecule has 4 rings (SSSR count). The summed E-state index contributed by atoms with van der Waals surface area (Å²) in [4.78, 5) is 19.0. The zero-order valence-electron chi connectivity index (χ0n) is 18.3. The van der Waals surface area contributed by atoms with Gasteiger partial charge in [0.2, 0.25) is 0 Å². The molecule has 0 atom stereocenters. The lowest BCUT2D eigenvalue weighted by Gasteiger charge is -2.15. The van der Waals surface area contributed by atoms with E-state index in [2.05, 4.69) is 4.98 Å². The van der Waals surface area contributed by atoms with Gasteiger partial charge < -0.3 is 14.4 Å². The molecule has 4 aromatic rings. The summed E-state index contributed by atoms with van der Waals surface area (Å²) in [5.74, 6) is 0.552.